The Morgan fingerprint density at radius 3 is 1.49 bits per heavy atom. The number of rotatable bonds is 39. The van der Waals surface area contributed by atoms with Gasteiger partial charge in [0.25, 0.3) is 0 Å². The average molecular weight is 2020 g/mol. The lowest BCUT2D eigenvalue weighted by atomic mass is 9.44. The Bertz CT molecular complexity index is 4510. The maximum absolute atomic E-state index is 17.6. The van der Waals surface area contributed by atoms with Crippen LogP contribution in [-0.2, 0) is 119 Å². The van der Waals surface area contributed by atoms with Crippen molar-refractivity contribution in [1.82, 2.24) is 34.3 Å². The zero-order valence-electron chi connectivity index (χ0n) is 90.3. The Balaban J connectivity index is 1.23. The van der Waals surface area contributed by atoms with E-state index in [-0.39, 0.29) is 177 Å². The lowest BCUT2D eigenvalue weighted by molar-refractivity contribution is -0.220. The number of aliphatic hydroxyl groups is 2. The molecular formula is C107H170FN7O28. The van der Waals surface area contributed by atoms with Crippen molar-refractivity contribution in [3.63, 3.8) is 0 Å². The predicted molar refractivity (Wildman–Crippen MR) is 530 cm³/mol. The number of likely N-dealkylation sites (N-methyl/N-ethyl adjacent to an activating group) is 7. The number of ketones is 6. The Hall–Kier alpha value is -9.52. The molecule has 0 aromatic rings. The molecule has 4 fully saturated rings. The van der Waals surface area contributed by atoms with Gasteiger partial charge in [-0.3, -0.25) is 76.7 Å². The summed E-state index contributed by atoms with van der Waals surface area (Å²) in [7, 11) is 10.4. The molecule has 808 valence electrons. The standard InChI is InChI=1S/C107H170FN7O28/c1-29-31-32-69(15)96(143-103(133)142-62-141-93(126)38-36-91(124)139-48-46-137-44-42-135-41-43-136-45-47-138-90(123)35-37-92(125)140-61-89(122)107(134)72(18)55-79-78-34-33-75-57-76(116)39-40-104(75,20)106(78,108)88(121)59-105(79,107)21)95-87(120)56-74(30-2)98(128)109(22)60-73(19)110(23)80(49-63(3)4)86(119)58-77(67(11)12)99(129)111(24)81(50-64(5)6)85(118)53-70(16)84(117)54-71(17)97(127)112(25)82(51-65(7)8)100(130)113(26)83(52-66(9)10)101(131)114(27)94(68(13)14)102(132)115(95)28/h29,31,39-40,57,63-72,74,77-83,88,94-96,121,134H,19,30,32-38,41-56,58-62H2,1-18,20-28H3/b31-29+/t69-,70?,71?,72-,74?,77?,78?,79?,80+,81?,82?,83?,88+,94?,95?,96-,104+,105+,106+,107+/m1/s1. The van der Waals surface area contributed by atoms with Gasteiger partial charge in [-0.2, -0.15) is 0 Å². The van der Waals surface area contributed by atoms with Crippen LogP contribution in [0, 0.1) is 93.7 Å². The van der Waals surface area contributed by atoms with Crippen LogP contribution < -0.4 is 0 Å². The minimum absolute atomic E-state index is 0.0107. The maximum atomic E-state index is 17.6. The first-order valence-electron chi connectivity index (χ1n) is 51.2. The zero-order valence-corrected chi connectivity index (χ0v) is 90.3. The highest BCUT2D eigenvalue weighted by Crippen LogP contribution is 2.71. The molecule has 11 unspecified atom stereocenters. The lowest BCUT2D eigenvalue weighted by Gasteiger charge is -2.62. The molecule has 0 spiro atoms. The molecule has 1 aliphatic heterocycles. The zero-order chi connectivity index (χ0) is 108. The molecule has 0 bridgehead atoms. The third-order valence-corrected chi connectivity index (χ3v) is 29.9. The molecule has 6 amide bonds. The molecule has 0 aromatic heterocycles. The van der Waals surface area contributed by atoms with Crippen LogP contribution in [0.5, 0.6) is 0 Å². The number of fused-ring (bicyclic) bond motifs is 5. The number of alkyl halides is 1. The van der Waals surface area contributed by atoms with Crippen LogP contribution >= 0.6 is 0 Å². The molecule has 2 N–H and O–H groups in total. The number of esters is 4. The summed E-state index contributed by atoms with van der Waals surface area (Å²) in [5.41, 5.74) is -5.82. The summed E-state index contributed by atoms with van der Waals surface area (Å²) in [4.78, 5) is 252. The minimum Gasteiger partial charge on any atom is -0.463 e. The molecule has 20 atom stereocenters. The molecule has 35 nitrogen and oxygen atoms in total. The molecule has 5 aliphatic rings. The summed E-state index contributed by atoms with van der Waals surface area (Å²) in [6, 6.07) is -7.41. The van der Waals surface area contributed by atoms with Crippen LogP contribution in [0.4, 0.5) is 9.18 Å². The second kappa shape index (κ2) is 56.4. The van der Waals surface area contributed by atoms with Crippen molar-refractivity contribution in [3.8, 4) is 0 Å². The van der Waals surface area contributed by atoms with Crippen molar-refractivity contribution >= 4 is 100 Å². The fraction of sp³-hybridized carbons (Fsp3) is 0.766. The lowest BCUT2D eigenvalue weighted by Crippen LogP contribution is -2.69. The van der Waals surface area contributed by atoms with Crippen molar-refractivity contribution in [3.05, 3.63) is 48.2 Å². The van der Waals surface area contributed by atoms with E-state index < -0.39 is 246 Å². The second-order valence-corrected chi connectivity index (χ2v) is 43.2. The second-order valence-electron chi connectivity index (χ2n) is 43.2. The summed E-state index contributed by atoms with van der Waals surface area (Å²) in [6.45, 7) is 37.9. The number of allylic oxidation sites excluding steroid dienone is 6. The van der Waals surface area contributed by atoms with Crippen LogP contribution in [0.2, 0.25) is 0 Å². The number of ether oxygens (including phenoxy) is 9. The highest BCUT2D eigenvalue weighted by molar-refractivity contribution is 6.02. The average Bonchev–Trinajstić information content (AvgIpc) is 1.53. The van der Waals surface area contributed by atoms with Crippen molar-refractivity contribution in [1.29, 1.82) is 0 Å². The van der Waals surface area contributed by atoms with Gasteiger partial charge in [-0.25, -0.2) is 9.18 Å². The van der Waals surface area contributed by atoms with E-state index in [1.54, 1.807) is 93.3 Å². The van der Waals surface area contributed by atoms with Gasteiger partial charge in [0.15, 0.2) is 35.4 Å². The Morgan fingerprint density at radius 1 is 0.524 bits per heavy atom. The third kappa shape index (κ3) is 32.5. The molecule has 1 heterocycles. The van der Waals surface area contributed by atoms with Gasteiger partial charge in [0.2, 0.25) is 48.0 Å². The number of aliphatic hydroxyl groups excluding tert-OH is 1. The van der Waals surface area contributed by atoms with Crippen LogP contribution in [0.15, 0.2) is 48.2 Å². The van der Waals surface area contributed by atoms with Gasteiger partial charge in [0.05, 0.1) is 90.1 Å². The monoisotopic (exact) mass is 2020 g/mol. The molecule has 4 aliphatic carbocycles. The number of Topliss-reactive ketones (excluding diaryl/α,β-unsaturated/α-hetero) is 5. The number of carbonyl (C=O) groups excluding carboxylic acids is 17. The third-order valence-electron chi connectivity index (χ3n) is 29.9. The summed E-state index contributed by atoms with van der Waals surface area (Å²) < 4.78 is 66.3. The highest BCUT2D eigenvalue weighted by Gasteiger charge is 2.76. The first kappa shape index (κ1) is 124. The molecule has 143 heavy (non-hydrogen) atoms. The number of hydrogen-bond donors (Lipinski definition) is 2. The maximum Gasteiger partial charge on any atom is 0.511 e. The molecule has 36 heteroatoms. The SMILES string of the molecule is C=C1CN(C)C(=O)C(CC)CC(=O)C([C@H](OC(=O)OCOC(=O)CCC(=O)OCCOCCOCCOCCOC(=O)CCC(=O)OCC(=O)[C@@]2(O)[C@H](C)CC3C4CCC5=CC(=O)C=C[C@]5(C)[C@@]4(F)[C@@H](O)C[C@@]32C)[C@H](C)C/C=C/C)N(C)C(=O)C(C(C)C)N(C)C(=O)C(CC(C)C)N(C)C(=O)C(CC(C)C)N(C)C(=O)C(C)CC(=O)C(C)CC(=O)C(CC(C)C)N(C)C(=O)C(C(C)C)CC(=O)[C@H](CC(C)C)N1C. The van der Waals surface area contributed by atoms with E-state index in [1.165, 1.54) is 85.0 Å². The van der Waals surface area contributed by atoms with Crippen molar-refractivity contribution in [2.45, 2.75) is 314 Å². The van der Waals surface area contributed by atoms with Gasteiger partial charge in [-0.1, -0.05) is 155 Å². The largest absolute Gasteiger partial charge is 0.511 e. The van der Waals surface area contributed by atoms with Gasteiger partial charge >= 0.3 is 30.0 Å². The van der Waals surface area contributed by atoms with E-state index >= 15 is 28.4 Å². The number of amides is 6. The fourth-order valence-corrected chi connectivity index (χ4v) is 21.4. The first-order chi connectivity index (χ1) is 66.8. The van der Waals surface area contributed by atoms with Gasteiger partial charge in [-0.05, 0) is 143 Å². The number of hydrogen-bond acceptors (Lipinski definition) is 29. The smallest absolute Gasteiger partial charge is 0.463 e. The first-order valence-corrected chi connectivity index (χ1v) is 51.2. The molecule has 3 saturated carbocycles. The molecule has 0 radical (unpaired) electrons. The highest BCUT2D eigenvalue weighted by atomic mass is 19.1. The van der Waals surface area contributed by atoms with Crippen LogP contribution in [-0.4, -0.2) is 327 Å². The van der Waals surface area contributed by atoms with Crippen molar-refractivity contribution in [2.24, 2.45) is 93.7 Å². The van der Waals surface area contributed by atoms with Crippen molar-refractivity contribution in [2.75, 3.05) is 122 Å². The van der Waals surface area contributed by atoms with Gasteiger partial charge in [0.1, 0.15) is 54.9 Å². The Kier molecular flexibility index (Phi) is 48.9. The normalized spacial score (nSPS) is 28.8. The molecular weight excluding hydrogens is 1850 g/mol. The van der Waals surface area contributed by atoms with Gasteiger partial charge < -0.3 is 87.1 Å². The predicted octanol–water partition coefficient (Wildman–Crippen LogP) is 11.4. The molecule has 0 aromatic carbocycles. The number of carbonyl (C=O) groups is 17. The fourth-order valence-electron chi connectivity index (χ4n) is 21.4. The van der Waals surface area contributed by atoms with E-state index in [4.69, 9.17) is 42.6 Å². The summed E-state index contributed by atoms with van der Waals surface area (Å²) in [6.07, 6.45) is 1.69. The Labute approximate surface area is 846 Å². The van der Waals surface area contributed by atoms with Gasteiger partial charge in [0, 0.05) is 121 Å². The van der Waals surface area contributed by atoms with Crippen LogP contribution in [0.25, 0.3) is 0 Å². The minimum atomic E-state index is -2.16. The topological polar surface area (TPSA) is 436 Å². The van der Waals surface area contributed by atoms with Crippen LogP contribution in [0.1, 0.15) is 254 Å². The van der Waals surface area contributed by atoms with E-state index in [1.807, 2.05) is 69.2 Å². The van der Waals surface area contributed by atoms with E-state index in [9.17, 15) is 67.7 Å². The quantitative estimate of drug-likeness (QED) is 0.0190. The van der Waals surface area contributed by atoms with Crippen LogP contribution in [0.3, 0.4) is 0 Å². The van der Waals surface area contributed by atoms with Gasteiger partial charge in [-0.15, -0.1) is 0 Å². The van der Waals surface area contributed by atoms with E-state index in [0.29, 0.717) is 30.5 Å². The Morgan fingerprint density at radius 2 is 0.986 bits per heavy atom. The van der Waals surface area contributed by atoms with E-state index in [0.717, 1.165) is 4.90 Å². The number of nitrogens with zero attached hydrogens (tertiary/aromatic N) is 7. The molecule has 1 saturated heterocycles. The number of halogens is 1. The summed E-state index contributed by atoms with van der Waals surface area (Å²) in [5.74, 6) is -18.2. The van der Waals surface area contributed by atoms with E-state index in [2.05, 4.69) is 6.58 Å². The van der Waals surface area contributed by atoms with Crippen molar-refractivity contribution < 1.29 is 139 Å². The summed E-state index contributed by atoms with van der Waals surface area (Å²) >= 11 is 0. The molecule has 5 rings (SSSR count). The summed E-state index contributed by atoms with van der Waals surface area (Å²) in [5, 5.41) is 23.9.